The number of aromatic nitrogens is 2. The SMILES string of the molecule is CCOc1ccc2nc(N(CCN(C)C)C(=O)c3cc(-c4cccs4)nc4ccccc34)sc2c1.Cl. The molecule has 3 heterocycles. The van der Waals surface area contributed by atoms with Crippen LogP contribution in [0.2, 0.25) is 0 Å². The zero-order valence-corrected chi connectivity index (χ0v) is 22.8. The molecule has 36 heavy (non-hydrogen) atoms. The van der Waals surface area contributed by atoms with Gasteiger partial charge in [0.1, 0.15) is 5.75 Å². The fourth-order valence-corrected chi connectivity index (χ4v) is 5.60. The number of ether oxygens (including phenoxy) is 1. The van der Waals surface area contributed by atoms with E-state index >= 15 is 0 Å². The standard InChI is InChI=1S/C27H26N4O2S2.ClH/c1-4-33-18-11-12-22-25(16-18)35-27(29-22)31(14-13-30(2)3)26(32)20-17-23(24-10-7-15-34-24)28-21-9-6-5-8-19(20)21;/h5-12,15-17H,4,13-14H2,1-3H3;1H. The molecule has 0 saturated heterocycles. The number of rotatable bonds is 8. The number of thiazole rings is 1. The number of thiophene rings is 1. The van der Waals surface area contributed by atoms with Crippen LogP contribution in [0.5, 0.6) is 5.75 Å². The van der Waals surface area contributed by atoms with Crippen LogP contribution in [0, 0.1) is 0 Å². The molecule has 1 amide bonds. The highest BCUT2D eigenvalue weighted by atomic mass is 35.5. The smallest absolute Gasteiger partial charge is 0.260 e. The quantitative estimate of drug-likeness (QED) is 0.223. The maximum Gasteiger partial charge on any atom is 0.260 e. The first-order valence-electron chi connectivity index (χ1n) is 11.5. The molecule has 5 aromatic rings. The Morgan fingerprint density at radius 3 is 2.56 bits per heavy atom. The van der Waals surface area contributed by atoms with Crippen LogP contribution in [0.3, 0.4) is 0 Å². The van der Waals surface area contributed by atoms with Crippen LogP contribution in [0.25, 0.3) is 31.7 Å². The molecule has 0 fully saturated rings. The summed E-state index contributed by atoms with van der Waals surface area (Å²) in [4.78, 5) is 28.7. The van der Waals surface area contributed by atoms with Crippen molar-refractivity contribution >= 4 is 67.2 Å². The first-order chi connectivity index (χ1) is 17.0. The van der Waals surface area contributed by atoms with E-state index < -0.39 is 0 Å². The van der Waals surface area contributed by atoms with Crippen LogP contribution in [-0.2, 0) is 0 Å². The van der Waals surface area contributed by atoms with Gasteiger partial charge in [-0.15, -0.1) is 23.7 Å². The van der Waals surface area contributed by atoms with Gasteiger partial charge in [0.05, 0.1) is 38.5 Å². The minimum Gasteiger partial charge on any atom is -0.494 e. The van der Waals surface area contributed by atoms with Gasteiger partial charge in [-0.25, -0.2) is 9.97 Å². The second kappa shape index (κ2) is 11.3. The Morgan fingerprint density at radius 2 is 1.81 bits per heavy atom. The molecule has 3 aromatic heterocycles. The summed E-state index contributed by atoms with van der Waals surface area (Å²) in [6.45, 7) is 3.81. The maximum absolute atomic E-state index is 14.2. The third-order valence-corrected chi connectivity index (χ3v) is 7.56. The summed E-state index contributed by atoms with van der Waals surface area (Å²) < 4.78 is 6.65. The molecule has 6 nitrogen and oxygen atoms in total. The van der Waals surface area contributed by atoms with Crippen molar-refractivity contribution in [1.29, 1.82) is 0 Å². The second-order valence-electron chi connectivity index (χ2n) is 8.37. The zero-order valence-electron chi connectivity index (χ0n) is 20.3. The second-order valence-corrected chi connectivity index (χ2v) is 10.3. The molecule has 0 spiro atoms. The first kappa shape index (κ1) is 26.0. The fraction of sp³-hybridized carbons (Fsp3) is 0.222. The highest BCUT2D eigenvalue weighted by Crippen LogP contribution is 2.34. The van der Waals surface area contributed by atoms with E-state index in [-0.39, 0.29) is 18.3 Å². The highest BCUT2D eigenvalue weighted by Gasteiger charge is 2.24. The van der Waals surface area contributed by atoms with Crippen LogP contribution in [0.15, 0.2) is 66.0 Å². The van der Waals surface area contributed by atoms with Crippen molar-refractivity contribution in [2.45, 2.75) is 6.92 Å². The lowest BCUT2D eigenvalue weighted by Gasteiger charge is -2.23. The molecule has 0 bridgehead atoms. The fourth-order valence-electron chi connectivity index (χ4n) is 3.90. The maximum atomic E-state index is 14.2. The van der Waals surface area contributed by atoms with Gasteiger partial charge in [0.2, 0.25) is 0 Å². The topological polar surface area (TPSA) is 58.6 Å². The molecule has 0 unspecified atom stereocenters. The van der Waals surface area contributed by atoms with E-state index in [2.05, 4.69) is 4.90 Å². The van der Waals surface area contributed by atoms with Gasteiger partial charge in [0, 0.05) is 18.5 Å². The molecule has 0 radical (unpaired) electrons. The molecule has 2 aromatic carbocycles. The Bertz CT molecular complexity index is 1480. The molecular formula is C27H27ClN4O2S2. The van der Waals surface area contributed by atoms with E-state index in [1.165, 1.54) is 11.3 Å². The molecule has 0 aliphatic heterocycles. The largest absolute Gasteiger partial charge is 0.494 e. The Balaban J connectivity index is 0.00000304. The lowest BCUT2D eigenvalue weighted by atomic mass is 10.1. The van der Waals surface area contributed by atoms with Crippen molar-refractivity contribution in [2.75, 3.05) is 38.7 Å². The number of likely N-dealkylation sites (N-methyl/N-ethyl adjacent to an activating group) is 1. The molecular weight excluding hydrogens is 512 g/mol. The summed E-state index contributed by atoms with van der Waals surface area (Å²) in [5.41, 5.74) is 3.10. The number of pyridine rings is 1. The highest BCUT2D eigenvalue weighted by molar-refractivity contribution is 7.22. The third kappa shape index (κ3) is 5.37. The minimum atomic E-state index is -0.0765. The third-order valence-electron chi connectivity index (χ3n) is 5.63. The van der Waals surface area contributed by atoms with Gasteiger partial charge < -0.3 is 9.64 Å². The lowest BCUT2D eigenvalue weighted by molar-refractivity contribution is 0.0986. The molecule has 0 atom stereocenters. The van der Waals surface area contributed by atoms with Crippen LogP contribution in [0.1, 0.15) is 17.3 Å². The van der Waals surface area contributed by atoms with E-state index in [0.717, 1.165) is 37.4 Å². The van der Waals surface area contributed by atoms with Gasteiger partial charge in [0.15, 0.2) is 5.13 Å². The number of benzene rings is 2. The van der Waals surface area contributed by atoms with E-state index in [0.29, 0.717) is 30.4 Å². The van der Waals surface area contributed by atoms with Gasteiger partial charge in [-0.3, -0.25) is 9.69 Å². The summed E-state index contributed by atoms with van der Waals surface area (Å²) in [6.07, 6.45) is 0. The number of carbonyl (C=O) groups is 1. The van der Waals surface area contributed by atoms with Gasteiger partial charge in [-0.2, -0.15) is 0 Å². The van der Waals surface area contributed by atoms with Crippen molar-refractivity contribution < 1.29 is 9.53 Å². The number of hydrogen-bond donors (Lipinski definition) is 0. The molecule has 9 heteroatoms. The van der Waals surface area contributed by atoms with Crippen molar-refractivity contribution in [3.05, 3.63) is 71.6 Å². The van der Waals surface area contributed by atoms with E-state index in [1.807, 2.05) is 87.1 Å². The van der Waals surface area contributed by atoms with Crippen molar-refractivity contribution in [1.82, 2.24) is 14.9 Å². The lowest BCUT2D eigenvalue weighted by Crippen LogP contribution is -2.37. The minimum absolute atomic E-state index is 0. The molecule has 0 N–H and O–H groups in total. The number of fused-ring (bicyclic) bond motifs is 2. The zero-order chi connectivity index (χ0) is 24.4. The number of anilines is 1. The van der Waals surface area contributed by atoms with E-state index in [9.17, 15) is 4.79 Å². The Hall–Kier alpha value is -3.04. The van der Waals surface area contributed by atoms with E-state index in [1.54, 1.807) is 16.2 Å². The predicted molar refractivity (Wildman–Crippen MR) is 153 cm³/mol. The number of para-hydroxylation sites is 1. The monoisotopic (exact) mass is 538 g/mol. The van der Waals surface area contributed by atoms with Crippen LogP contribution in [0.4, 0.5) is 5.13 Å². The molecule has 0 aliphatic rings. The van der Waals surface area contributed by atoms with Gasteiger partial charge in [0.25, 0.3) is 5.91 Å². The summed E-state index contributed by atoms with van der Waals surface area (Å²) in [7, 11) is 4.01. The van der Waals surface area contributed by atoms with Crippen molar-refractivity contribution in [3.63, 3.8) is 0 Å². The van der Waals surface area contributed by atoms with Gasteiger partial charge >= 0.3 is 0 Å². The number of hydrogen-bond acceptors (Lipinski definition) is 7. The normalized spacial score (nSPS) is 11.1. The Kier molecular flexibility index (Phi) is 8.21. The molecule has 186 valence electrons. The van der Waals surface area contributed by atoms with Crippen molar-refractivity contribution in [2.24, 2.45) is 0 Å². The summed E-state index contributed by atoms with van der Waals surface area (Å²) >= 11 is 3.13. The summed E-state index contributed by atoms with van der Waals surface area (Å²) in [5.74, 6) is 0.731. The molecule has 5 rings (SSSR count). The van der Waals surface area contributed by atoms with Crippen LogP contribution >= 0.6 is 35.1 Å². The Morgan fingerprint density at radius 1 is 0.972 bits per heavy atom. The molecule has 0 aliphatic carbocycles. The summed E-state index contributed by atoms with van der Waals surface area (Å²) in [5, 5.41) is 3.54. The first-order valence-corrected chi connectivity index (χ1v) is 13.2. The number of nitrogens with zero attached hydrogens (tertiary/aromatic N) is 4. The van der Waals surface area contributed by atoms with E-state index in [4.69, 9.17) is 14.7 Å². The van der Waals surface area contributed by atoms with Crippen LogP contribution in [-0.4, -0.2) is 54.6 Å². The Labute approximate surface area is 224 Å². The number of halogens is 1. The predicted octanol–water partition coefficient (Wildman–Crippen LogP) is 6.60. The van der Waals surface area contributed by atoms with Gasteiger partial charge in [-0.1, -0.05) is 35.6 Å². The van der Waals surface area contributed by atoms with Crippen LogP contribution < -0.4 is 9.64 Å². The summed E-state index contributed by atoms with van der Waals surface area (Å²) in [6, 6.07) is 19.6. The number of amides is 1. The van der Waals surface area contributed by atoms with Crippen molar-refractivity contribution in [3.8, 4) is 16.3 Å². The molecule has 0 saturated carbocycles. The average molecular weight is 539 g/mol. The van der Waals surface area contributed by atoms with Gasteiger partial charge in [-0.05, 0) is 62.8 Å². The average Bonchev–Trinajstić information content (AvgIpc) is 3.53. The number of carbonyl (C=O) groups excluding carboxylic acids is 1.